The van der Waals surface area contributed by atoms with Crippen molar-refractivity contribution in [3.63, 3.8) is 0 Å². The molecule has 0 bridgehead atoms. The molecule has 0 aromatic heterocycles. The van der Waals surface area contributed by atoms with Crippen LogP contribution in [0.25, 0.3) is 5.32 Å². The molecule has 0 spiro atoms. The van der Waals surface area contributed by atoms with Crippen molar-refractivity contribution in [2.75, 3.05) is 86.6 Å². The minimum absolute atomic E-state index is 0. The molecule has 271 valence electrons. The first-order valence-electron chi connectivity index (χ1n) is 18.1. The van der Waals surface area contributed by atoms with Gasteiger partial charge in [-0.05, 0) is 128 Å². The van der Waals surface area contributed by atoms with Crippen LogP contribution in [0, 0.1) is 50.0 Å². The maximum Gasteiger partial charge on any atom is 0.312 e. The zero-order valence-corrected chi connectivity index (χ0v) is 37.4. The average molecular weight is 866 g/mol. The summed E-state index contributed by atoms with van der Waals surface area (Å²) in [6.45, 7) is 31.3. The van der Waals surface area contributed by atoms with Gasteiger partial charge in [0, 0.05) is 87.4 Å². The van der Waals surface area contributed by atoms with E-state index >= 15 is 0 Å². The van der Waals surface area contributed by atoms with Crippen LogP contribution in [0.5, 0.6) is 0 Å². The number of likely N-dealkylation sites (N-methyl/N-ethyl adjacent to an activating group) is 1. The van der Waals surface area contributed by atoms with Gasteiger partial charge < -0.3 is 35.1 Å². The maximum absolute atomic E-state index is 11.5. The number of hydrogen-bond donors (Lipinski definition) is 1. The Hall–Kier alpha value is 0.182. The van der Waals surface area contributed by atoms with E-state index in [0.717, 1.165) is 32.1 Å². The van der Waals surface area contributed by atoms with Gasteiger partial charge in [-0.3, -0.25) is 9.59 Å². The van der Waals surface area contributed by atoms with E-state index < -0.39 is 0 Å². The number of piperazine rings is 2. The molecule has 2 aliphatic heterocycles. The van der Waals surface area contributed by atoms with Crippen LogP contribution in [0.3, 0.4) is 0 Å². The fourth-order valence-electron chi connectivity index (χ4n) is 5.53. The number of carbonyl (C=O) groups excluding carboxylic acids is 2. The third-order valence-corrected chi connectivity index (χ3v) is 8.93. The van der Waals surface area contributed by atoms with E-state index in [1.165, 1.54) is 58.2 Å². The summed E-state index contributed by atoms with van der Waals surface area (Å²) >= 11 is 0. The Kier molecular flexibility index (Phi) is 28.3. The average Bonchev–Trinajstić information content (AvgIpc) is 3.48. The van der Waals surface area contributed by atoms with Gasteiger partial charge in [0.25, 0.3) is 0 Å². The van der Waals surface area contributed by atoms with Gasteiger partial charge in [-0.15, -0.1) is 13.1 Å². The van der Waals surface area contributed by atoms with Crippen LogP contribution in [0.2, 0.25) is 0 Å². The van der Waals surface area contributed by atoms with E-state index in [1.54, 1.807) is 9.80 Å². The predicted molar refractivity (Wildman–Crippen MR) is 194 cm³/mol. The monoisotopic (exact) mass is 866 g/mol. The summed E-state index contributed by atoms with van der Waals surface area (Å²) in [5.74, 6) is 0.326. The van der Waals surface area contributed by atoms with Crippen molar-refractivity contribution < 1.29 is 53.7 Å². The summed E-state index contributed by atoms with van der Waals surface area (Å²) in [5.41, 5.74) is 0.343. The normalized spacial score (nSPS) is 18.0. The summed E-state index contributed by atoms with van der Waals surface area (Å²) in [6.07, 6.45) is 8.60. The van der Waals surface area contributed by atoms with E-state index in [9.17, 15) is 9.59 Å². The van der Waals surface area contributed by atoms with Crippen LogP contribution in [0.4, 0.5) is 0 Å². The van der Waals surface area contributed by atoms with Gasteiger partial charge in [0.1, 0.15) is 0 Å². The Morgan fingerprint density at radius 3 is 1.85 bits per heavy atom. The van der Waals surface area contributed by atoms with Gasteiger partial charge in [-0.25, -0.2) is 0 Å². The number of carbonyl (C=O) groups is 2. The second-order valence-corrected chi connectivity index (χ2v) is 15.1. The minimum atomic E-state index is -0.359. The molecule has 1 N–H and O–H groups in total. The molecular formula is C36H76AcN7O2-. The molecule has 3 rings (SSSR count). The summed E-state index contributed by atoms with van der Waals surface area (Å²) in [7, 11) is 6.42. The standard InChI is InChI=1S/C10H21N.C9H16N2O2.C9H22N2.C8H17N2.Ac/c1-9(2)11-8-7-10-5-3-4-6-10;1-4-10-5-6-11(7(2)3)9(13)8(10)12;1-9(2)11(5)8-6-7-10(3)4;1-8(2,3)10-6-4-9-5-7-10;/h9-11H,3-8H2,1-2H3;7H,4-6H2,1-3H3;9H,6-8H2,1-5H3;4-7H2,1-3H3;/q;;;-1;. The molecule has 0 unspecified atom stereocenters. The van der Waals surface area contributed by atoms with Crippen molar-refractivity contribution in [2.45, 2.75) is 131 Å². The summed E-state index contributed by atoms with van der Waals surface area (Å²) < 4.78 is 0. The largest absolute Gasteiger partial charge is 0.660 e. The van der Waals surface area contributed by atoms with E-state index in [0.29, 0.717) is 37.3 Å². The summed E-state index contributed by atoms with van der Waals surface area (Å²) in [5, 5.41) is 7.77. The molecule has 2 heterocycles. The molecule has 3 aliphatic rings. The van der Waals surface area contributed by atoms with Gasteiger partial charge >= 0.3 is 11.8 Å². The van der Waals surface area contributed by atoms with Crippen molar-refractivity contribution in [2.24, 2.45) is 5.92 Å². The zero-order chi connectivity index (χ0) is 34.6. The van der Waals surface area contributed by atoms with Gasteiger partial charge in [-0.2, -0.15) is 0 Å². The van der Waals surface area contributed by atoms with E-state index in [-0.39, 0.29) is 61.9 Å². The molecule has 1 aliphatic carbocycles. The van der Waals surface area contributed by atoms with Crippen LogP contribution in [0.1, 0.15) is 108 Å². The van der Waals surface area contributed by atoms with Crippen molar-refractivity contribution in [1.82, 2.24) is 29.8 Å². The molecule has 2 saturated heterocycles. The molecule has 0 aromatic rings. The van der Waals surface area contributed by atoms with Crippen LogP contribution in [-0.4, -0.2) is 147 Å². The minimum Gasteiger partial charge on any atom is -0.660 e. The third-order valence-electron chi connectivity index (χ3n) is 8.93. The Labute approximate surface area is 322 Å². The van der Waals surface area contributed by atoms with Crippen molar-refractivity contribution >= 4 is 11.8 Å². The number of hydrogen-bond acceptors (Lipinski definition) is 6. The molecule has 1 saturated carbocycles. The Morgan fingerprint density at radius 2 is 1.43 bits per heavy atom. The second kappa shape index (κ2) is 27.0. The molecule has 10 heteroatoms. The van der Waals surface area contributed by atoms with E-state index in [4.69, 9.17) is 0 Å². The molecule has 0 atom stereocenters. The van der Waals surface area contributed by atoms with Crippen molar-refractivity contribution in [3.8, 4) is 0 Å². The fourth-order valence-corrected chi connectivity index (χ4v) is 5.53. The molecule has 2 amide bonds. The fraction of sp³-hybridized carbons (Fsp3) is 0.944. The Bertz CT molecular complexity index is 750. The molecule has 0 aromatic carbocycles. The van der Waals surface area contributed by atoms with Crippen LogP contribution >= 0.6 is 0 Å². The zero-order valence-electron chi connectivity index (χ0n) is 32.7. The first-order valence-corrected chi connectivity index (χ1v) is 18.1. The SMILES string of the molecule is CC(C)(C)N1CC[N-]CC1.CC(C)N(C)CCCN(C)C.CC(C)NCCC1CCCC1.CCN1CCN(C(C)C)C(=O)C1=O.[Ac]. The summed E-state index contributed by atoms with van der Waals surface area (Å²) in [6, 6.07) is 1.46. The maximum atomic E-state index is 11.5. The Morgan fingerprint density at radius 1 is 0.870 bits per heavy atom. The van der Waals surface area contributed by atoms with Gasteiger partial charge in [-0.1, -0.05) is 39.5 Å². The predicted octanol–water partition coefficient (Wildman–Crippen LogP) is 5.40. The van der Waals surface area contributed by atoms with Crippen molar-refractivity contribution in [3.05, 3.63) is 5.32 Å². The smallest absolute Gasteiger partial charge is 0.312 e. The van der Waals surface area contributed by atoms with Crippen LogP contribution < -0.4 is 5.32 Å². The van der Waals surface area contributed by atoms with E-state index in [2.05, 4.69) is 94.9 Å². The molecule has 1 radical (unpaired) electrons. The van der Waals surface area contributed by atoms with Crippen molar-refractivity contribution in [1.29, 1.82) is 0 Å². The summed E-state index contributed by atoms with van der Waals surface area (Å²) in [4.78, 5) is 33.2. The molecule has 46 heavy (non-hydrogen) atoms. The van der Waals surface area contributed by atoms with E-state index in [1.807, 2.05) is 20.8 Å². The first kappa shape index (κ1) is 48.3. The van der Waals surface area contributed by atoms with Gasteiger partial charge in [0.15, 0.2) is 0 Å². The second-order valence-electron chi connectivity index (χ2n) is 15.1. The number of nitrogens with zero attached hydrogens (tertiary/aromatic N) is 6. The topological polar surface area (TPSA) is 76.5 Å². The quantitative estimate of drug-likeness (QED) is 0.281. The van der Waals surface area contributed by atoms with Gasteiger partial charge in [0.2, 0.25) is 0 Å². The molecule has 3 fully saturated rings. The van der Waals surface area contributed by atoms with Crippen LogP contribution in [-0.2, 0) is 9.59 Å². The molecule has 9 nitrogen and oxygen atoms in total. The van der Waals surface area contributed by atoms with Crippen LogP contribution in [0.15, 0.2) is 0 Å². The first-order chi connectivity index (χ1) is 21.0. The Balaban J connectivity index is 0. The van der Waals surface area contributed by atoms with Gasteiger partial charge in [0.05, 0.1) is 0 Å². The number of nitrogens with one attached hydrogen (secondary N) is 1. The number of rotatable bonds is 11. The third kappa shape index (κ3) is 22.7. The molecular weight excluding hydrogens is 789 g/mol. The number of amides is 2.